The van der Waals surface area contributed by atoms with Gasteiger partial charge in [0.2, 0.25) is 0 Å². The van der Waals surface area contributed by atoms with Crippen LogP contribution in [-0.2, 0) is 6.18 Å². The van der Waals surface area contributed by atoms with Gasteiger partial charge in [0.25, 0.3) is 0 Å². The molecule has 0 aliphatic carbocycles. The van der Waals surface area contributed by atoms with Crippen LogP contribution in [0.4, 0.5) is 13.2 Å². The molecule has 24 heavy (non-hydrogen) atoms. The monoisotopic (exact) mass is 336 g/mol. The molecule has 2 N–H and O–H groups in total. The number of carbonyl (C=O) groups is 2. The zero-order valence-corrected chi connectivity index (χ0v) is 12.0. The van der Waals surface area contributed by atoms with Crippen LogP contribution >= 0.6 is 0 Å². The molecule has 0 heterocycles. The molecular weight excluding hydrogens is 325 g/mol. The van der Waals surface area contributed by atoms with Gasteiger partial charge in [-0.3, -0.25) is 4.79 Å². The number of benzene rings is 2. The SMILES string of the molecule is O=C(O)c1cccc(/C=C/C(=O)c2ccc(O)c(C(F)(F)F)c2)c1. The molecule has 2 aromatic rings. The molecule has 0 amide bonds. The van der Waals surface area contributed by atoms with Crippen LogP contribution in [0.25, 0.3) is 6.08 Å². The molecule has 0 bridgehead atoms. The second-order valence-corrected chi connectivity index (χ2v) is 4.86. The van der Waals surface area contributed by atoms with E-state index in [0.29, 0.717) is 11.6 Å². The fraction of sp³-hybridized carbons (Fsp3) is 0.0588. The van der Waals surface area contributed by atoms with E-state index in [0.717, 1.165) is 18.2 Å². The highest BCUT2D eigenvalue weighted by atomic mass is 19.4. The van der Waals surface area contributed by atoms with E-state index in [9.17, 15) is 27.9 Å². The van der Waals surface area contributed by atoms with Gasteiger partial charge in [-0.15, -0.1) is 0 Å². The highest BCUT2D eigenvalue weighted by Crippen LogP contribution is 2.36. The summed E-state index contributed by atoms with van der Waals surface area (Å²) in [7, 11) is 0. The van der Waals surface area contributed by atoms with Gasteiger partial charge < -0.3 is 10.2 Å². The topological polar surface area (TPSA) is 74.6 Å². The van der Waals surface area contributed by atoms with Crippen LogP contribution in [0.15, 0.2) is 48.5 Å². The van der Waals surface area contributed by atoms with Crippen molar-refractivity contribution in [2.45, 2.75) is 6.18 Å². The van der Waals surface area contributed by atoms with Gasteiger partial charge in [0.05, 0.1) is 11.1 Å². The normalized spacial score (nSPS) is 11.6. The van der Waals surface area contributed by atoms with Crippen molar-refractivity contribution in [3.8, 4) is 5.75 Å². The average Bonchev–Trinajstić information content (AvgIpc) is 2.52. The van der Waals surface area contributed by atoms with Gasteiger partial charge in [-0.05, 0) is 42.0 Å². The number of allylic oxidation sites excluding steroid dienone is 1. The van der Waals surface area contributed by atoms with Gasteiger partial charge in [0.1, 0.15) is 5.75 Å². The van der Waals surface area contributed by atoms with Crippen LogP contribution < -0.4 is 0 Å². The number of aromatic carboxylic acids is 1. The summed E-state index contributed by atoms with van der Waals surface area (Å²) in [6.45, 7) is 0. The Hall–Kier alpha value is -3.09. The molecule has 0 fully saturated rings. The van der Waals surface area contributed by atoms with E-state index in [4.69, 9.17) is 5.11 Å². The number of alkyl halides is 3. The van der Waals surface area contributed by atoms with Crippen LogP contribution in [0, 0.1) is 0 Å². The third-order valence-electron chi connectivity index (χ3n) is 3.15. The standard InChI is InChI=1S/C17H11F3O4/c18-17(19,20)13-9-11(5-7-15(13)22)14(21)6-4-10-2-1-3-12(8-10)16(23)24/h1-9,22H,(H,23,24)/b6-4+. The fourth-order valence-corrected chi connectivity index (χ4v) is 1.96. The van der Waals surface area contributed by atoms with Crippen molar-refractivity contribution in [1.82, 2.24) is 0 Å². The predicted molar refractivity (Wildman–Crippen MR) is 79.9 cm³/mol. The molecule has 4 nitrogen and oxygen atoms in total. The minimum absolute atomic E-state index is 0.0218. The largest absolute Gasteiger partial charge is 0.507 e. The Morgan fingerprint density at radius 3 is 2.33 bits per heavy atom. The number of ketones is 1. The molecule has 0 radical (unpaired) electrons. The molecule has 0 unspecified atom stereocenters. The number of hydrogen-bond donors (Lipinski definition) is 2. The van der Waals surface area contributed by atoms with Crippen LogP contribution in [0.1, 0.15) is 31.8 Å². The summed E-state index contributed by atoms with van der Waals surface area (Å²) in [4.78, 5) is 22.8. The van der Waals surface area contributed by atoms with E-state index >= 15 is 0 Å². The quantitative estimate of drug-likeness (QED) is 0.653. The molecule has 0 aromatic heterocycles. The summed E-state index contributed by atoms with van der Waals surface area (Å²) in [5.41, 5.74) is -1.10. The van der Waals surface area contributed by atoms with Gasteiger partial charge in [-0.1, -0.05) is 18.2 Å². The second kappa shape index (κ2) is 6.57. The molecule has 0 spiro atoms. The van der Waals surface area contributed by atoms with E-state index in [1.54, 1.807) is 6.07 Å². The van der Waals surface area contributed by atoms with Gasteiger partial charge in [0, 0.05) is 5.56 Å². The molecule has 0 aliphatic heterocycles. The van der Waals surface area contributed by atoms with Crippen LogP contribution in [0.3, 0.4) is 0 Å². The average molecular weight is 336 g/mol. The van der Waals surface area contributed by atoms with Crippen LogP contribution in [0.5, 0.6) is 5.75 Å². The molecule has 0 saturated carbocycles. The lowest BCUT2D eigenvalue weighted by atomic mass is 10.0. The minimum atomic E-state index is -4.78. The first-order valence-corrected chi connectivity index (χ1v) is 6.64. The van der Waals surface area contributed by atoms with Gasteiger partial charge in [-0.25, -0.2) is 4.79 Å². The van der Waals surface area contributed by atoms with E-state index in [-0.39, 0.29) is 11.1 Å². The van der Waals surface area contributed by atoms with Crippen LogP contribution in [0.2, 0.25) is 0 Å². The Morgan fingerprint density at radius 2 is 1.71 bits per heavy atom. The minimum Gasteiger partial charge on any atom is -0.507 e. The number of hydrogen-bond acceptors (Lipinski definition) is 3. The third kappa shape index (κ3) is 4.01. The molecular formula is C17H11F3O4. The number of aromatic hydroxyl groups is 1. The Morgan fingerprint density at radius 1 is 1.00 bits per heavy atom. The summed E-state index contributed by atoms with van der Waals surface area (Å²) in [5, 5.41) is 18.1. The van der Waals surface area contributed by atoms with Crippen molar-refractivity contribution in [3.05, 3.63) is 70.8 Å². The molecule has 124 valence electrons. The summed E-state index contributed by atoms with van der Waals surface area (Å²) < 4.78 is 38.2. The summed E-state index contributed by atoms with van der Waals surface area (Å²) in [5.74, 6) is -2.80. The zero-order valence-electron chi connectivity index (χ0n) is 12.0. The summed E-state index contributed by atoms with van der Waals surface area (Å²) >= 11 is 0. The maximum Gasteiger partial charge on any atom is 0.419 e. The molecule has 2 rings (SSSR count). The number of carbonyl (C=O) groups excluding carboxylic acids is 1. The molecule has 0 aliphatic rings. The maximum atomic E-state index is 12.7. The number of carboxylic acids is 1. The number of carboxylic acid groups (broad SMARTS) is 1. The first-order valence-electron chi connectivity index (χ1n) is 6.64. The van der Waals surface area contributed by atoms with Crippen molar-refractivity contribution in [3.63, 3.8) is 0 Å². The van der Waals surface area contributed by atoms with E-state index in [1.807, 2.05) is 0 Å². The first-order chi connectivity index (χ1) is 11.2. The highest BCUT2D eigenvalue weighted by molar-refractivity contribution is 6.07. The smallest absolute Gasteiger partial charge is 0.419 e. The van der Waals surface area contributed by atoms with Crippen molar-refractivity contribution in [1.29, 1.82) is 0 Å². The summed E-state index contributed by atoms with van der Waals surface area (Å²) in [6, 6.07) is 8.17. The Balaban J connectivity index is 2.27. The maximum absolute atomic E-state index is 12.7. The van der Waals surface area contributed by atoms with Crippen molar-refractivity contribution in [2.75, 3.05) is 0 Å². The lowest BCUT2D eigenvalue weighted by molar-refractivity contribution is -0.138. The number of halogens is 3. The first kappa shape index (κ1) is 17.3. The molecule has 0 atom stereocenters. The Labute approximate surface area is 134 Å². The van der Waals surface area contributed by atoms with Crippen molar-refractivity contribution in [2.24, 2.45) is 0 Å². The number of rotatable bonds is 4. The van der Waals surface area contributed by atoms with Gasteiger partial charge in [0.15, 0.2) is 5.78 Å². The Kier molecular flexibility index (Phi) is 4.73. The Bertz CT molecular complexity index is 823. The third-order valence-corrected chi connectivity index (χ3v) is 3.15. The molecule has 7 heteroatoms. The molecule has 2 aromatic carbocycles. The lowest BCUT2D eigenvalue weighted by Gasteiger charge is -2.09. The number of phenolic OH excluding ortho intramolecular Hbond substituents is 1. The van der Waals surface area contributed by atoms with E-state index < -0.39 is 29.2 Å². The fourth-order valence-electron chi connectivity index (χ4n) is 1.96. The van der Waals surface area contributed by atoms with Crippen molar-refractivity contribution < 1.29 is 33.0 Å². The zero-order chi connectivity index (χ0) is 17.9. The van der Waals surface area contributed by atoms with E-state index in [2.05, 4.69) is 0 Å². The lowest BCUT2D eigenvalue weighted by Crippen LogP contribution is -2.07. The highest BCUT2D eigenvalue weighted by Gasteiger charge is 2.34. The predicted octanol–water partition coefficient (Wildman–Crippen LogP) is 4.01. The number of phenols is 1. The van der Waals surface area contributed by atoms with Gasteiger partial charge >= 0.3 is 12.1 Å². The molecule has 0 saturated heterocycles. The van der Waals surface area contributed by atoms with Crippen molar-refractivity contribution >= 4 is 17.8 Å². The van der Waals surface area contributed by atoms with Crippen LogP contribution in [-0.4, -0.2) is 22.0 Å². The van der Waals surface area contributed by atoms with E-state index in [1.165, 1.54) is 24.3 Å². The van der Waals surface area contributed by atoms with Gasteiger partial charge in [-0.2, -0.15) is 13.2 Å². The second-order valence-electron chi connectivity index (χ2n) is 4.86. The summed E-state index contributed by atoms with van der Waals surface area (Å²) in [6.07, 6.45) is -2.44.